The Kier molecular flexibility index (Phi) is 6.59. The fourth-order valence-corrected chi connectivity index (χ4v) is 7.72. The molecule has 4 heteroatoms. The van der Waals surface area contributed by atoms with Crippen molar-refractivity contribution in [2.24, 2.45) is 0 Å². The molecule has 0 fully saturated rings. The Morgan fingerprint density at radius 1 is 0.440 bits per heavy atom. The molecule has 1 aliphatic rings. The van der Waals surface area contributed by atoms with E-state index in [1.807, 2.05) is 0 Å². The number of allylic oxidation sites excluding steroid dienone is 1. The Morgan fingerprint density at radius 3 is 1.58 bits per heavy atom. The lowest BCUT2D eigenvalue weighted by atomic mass is 9.95. The summed E-state index contributed by atoms with van der Waals surface area (Å²) in [6.07, 6.45) is 6.47. The molecule has 0 aliphatic heterocycles. The van der Waals surface area contributed by atoms with Crippen LogP contribution >= 0.6 is 0 Å². The third kappa shape index (κ3) is 4.61. The van der Waals surface area contributed by atoms with Crippen molar-refractivity contribution < 1.29 is 0 Å². The van der Waals surface area contributed by atoms with Gasteiger partial charge in [0, 0.05) is 39.0 Å². The first kappa shape index (κ1) is 28.5. The lowest BCUT2D eigenvalue weighted by molar-refractivity contribution is 0.840. The number of para-hydroxylation sites is 3. The van der Waals surface area contributed by atoms with Gasteiger partial charge in [-0.3, -0.25) is 9.13 Å². The molecule has 0 spiro atoms. The van der Waals surface area contributed by atoms with Crippen LogP contribution in [0.3, 0.4) is 0 Å². The molecule has 10 rings (SSSR count). The minimum absolute atomic E-state index is 0.679. The average molecular weight is 641 g/mol. The van der Waals surface area contributed by atoms with Crippen molar-refractivity contribution in [1.29, 1.82) is 0 Å². The molecule has 3 aromatic heterocycles. The van der Waals surface area contributed by atoms with Crippen molar-refractivity contribution in [3.05, 3.63) is 175 Å². The lowest BCUT2D eigenvalue weighted by Crippen LogP contribution is -2.10. The van der Waals surface area contributed by atoms with E-state index in [0.29, 0.717) is 5.95 Å². The molecule has 1 aliphatic carbocycles. The molecular formula is C46H32N4. The predicted molar refractivity (Wildman–Crippen MR) is 207 cm³/mol. The van der Waals surface area contributed by atoms with Gasteiger partial charge in [-0.2, -0.15) is 4.98 Å². The summed E-state index contributed by atoms with van der Waals surface area (Å²) in [5, 5.41) is 3.63. The summed E-state index contributed by atoms with van der Waals surface area (Å²) < 4.78 is 4.60. The van der Waals surface area contributed by atoms with E-state index in [1.165, 1.54) is 38.5 Å². The second-order valence-corrected chi connectivity index (χ2v) is 13.0. The van der Waals surface area contributed by atoms with Crippen molar-refractivity contribution >= 4 is 38.8 Å². The van der Waals surface area contributed by atoms with E-state index in [-0.39, 0.29) is 0 Å². The number of hydrogen-bond acceptors (Lipinski definition) is 2. The largest absolute Gasteiger partial charge is 0.294 e. The van der Waals surface area contributed by atoms with Crippen molar-refractivity contribution in [2.45, 2.75) is 12.8 Å². The van der Waals surface area contributed by atoms with Crippen molar-refractivity contribution in [3.8, 4) is 45.3 Å². The smallest absolute Gasteiger partial charge is 0.236 e. The van der Waals surface area contributed by atoms with E-state index in [0.717, 1.165) is 57.6 Å². The predicted octanol–water partition coefficient (Wildman–Crippen LogP) is 11.5. The molecule has 3 heterocycles. The van der Waals surface area contributed by atoms with E-state index in [9.17, 15) is 0 Å². The number of rotatable bonds is 5. The second kappa shape index (κ2) is 11.6. The van der Waals surface area contributed by atoms with E-state index in [4.69, 9.17) is 9.97 Å². The summed E-state index contributed by atoms with van der Waals surface area (Å²) in [4.78, 5) is 10.9. The standard InChI is InChI=1S/C46H32N4/c1-3-15-31(16-4-1)33-27-34(32-17-5-2-6-18-32)29-35(28-33)40-30-45(49-41-23-11-7-19-36(41)37-20-8-12-24-42(37)49)48-46(47-40)50-43-25-13-9-21-38(43)39-22-10-14-26-44(39)50/h1-13,15-25,27-30H,14,26H2. The van der Waals surface area contributed by atoms with Gasteiger partial charge in [0.1, 0.15) is 5.82 Å². The van der Waals surface area contributed by atoms with Crippen LogP contribution in [0.1, 0.15) is 17.7 Å². The van der Waals surface area contributed by atoms with Crippen LogP contribution in [0.4, 0.5) is 0 Å². The molecule has 4 nitrogen and oxygen atoms in total. The van der Waals surface area contributed by atoms with Gasteiger partial charge in [-0.15, -0.1) is 0 Å². The first-order chi connectivity index (χ1) is 24.8. The van der Waals surface area contributed by atoms with Crippen LogP contribution < -0.4 is 0 Å². The van der Waals surface area contributed by atoms with Crippen LogP contribution in [0, 0.1) is 0 Å². The molecule has 0 atom stereocenters. The summed E-state index contributed by atoms with van der Waals surface area (Å²) in [7, 11) is 0. The topological polar surface area (TPSA) is 35.6 Å². The molecule has 0 saturated heterocycles. The Bertz CT molecular complexity index is 2640. The van der Waals surface area contributed by atoms with Crippen molar-refractivity contribution in [2.75, 3.05) is 0 Å². The van der Waals surface area contributed by atoms with E-state index in [1.54, 1.807) is 0 Å². The fraction of sp³-hybridized carbons (Fsp3) is 0.0435. The number of hydrogen-bond donors (Lipinski definition) is 0. The summed E-state index contributed by atoms with van der Waals surface area (Å²) >= 11 is 0. The number of aromatic nitrogens is 4. The minimum Gasteiger partial charge on any atom is -0.294 e. The minimum atomic E-state index is 0.679. The zero-order valence-corrected chi connectivity index (χ0v) is 27.4. The Morgan fingerprint density at radius 2 is 0.960 bits per heavy atom. The molecule has 0 amide bonds. The molecule has 0 bridgehead atoms. The molecule has 0 N–H and O–H groups in total. The van der Waals surface area contributed by atoms with Gasteiger partial charge in [-0.1, -0.05) is 127 Å². The van der Waals surface area contributed by atoms with Crippen molar-refractivity contribution in [1.82, 2.24) is 19.1 Å². The van der Waals surface area contributed by atoms with Crippen molar-refractivity contribution in [3.63, 3.8) is 0 Å². The molecular weight excluding hydrogens is 609 g/mol. The maximum atomic E-state index is 5.46. The maximum absolute atomic E-state index is 5.46. The number of nitrogens with zero attached hydrogens (tertiary/aromatic N) is 4. The van der Waals surface area contributed by atoms with Gasteiger partial charge >= 0.3 is 0 Å². The van der Waals surface area contributed by atoms with Crippen LogP contribution in [0.2, 0.25) is 0 Å². The highest BCUT2D eigenvalue weighted by atomic mass is 15.2. The van der Waals surface area contributed by atoms with Crippen LogP contribution in [0.5, 0.6) is 0 Å². The third-order valence-electron chi connectivity index (χ3n) is 10.0. The highest BCUT2D eigenvalue weighted by molar-refractivity contribution is 6.09. The third-order valence-corrected chi connectivity index (χ3v) is 10.0. The second-order valence-electron chi connectivity index (χ2n) is 13.0. The quantitative estimate of drug-likeness (QED) is 0.188. The number of fused-ring (bicyclic) bond motifs is 6. The van der Waals surface area contributed by atoms with E-state index >= 15 is 0 Å². The maximum Gasteiger partial charge on any atom is 0.236 e. The molecule has 6 aromatic carbocycles. The van der Waals surface area contributed by atoms with Crippen LogP contribution in [0.15, 0.2) is 164 Å². The SMILES string of the molecule is C1=Cc2c(n(-c3nc(-c4cc(-c5ccccc5)cc(-c5ccccc5)c4)cc(-n4c5ccccc5c5ccccc54)n3)c3ccccc23)CC1. The van der Waals surface area contributed by atoms with Gasteiger partial charge in [0.15, 0.2) is 0 Å². The molecule has 236 valence electrons. The number of benzene rings is 6. The van der Waals surface area contributed by atoms with Crippen LogP contribution in [-0.4, -0.2) is 19.1 Å². The molecule has 0 radical (unpaired) electrons. The Balaban J connectivity index is 1.30. The monoisotopic (exact) mass is 640 g/mol. The van der Waals surface area contributed by atoms with Gasteiger partial charge < -0.3 is 0 Å². The molecule has 50 heavy (non-hydrogen) atoms. The Labute approximate surface area is 290 Å². The highest BCUT2D eigenvalue weighted by Gasteiger charge is 2.22. The summed E-state index contributed by atoms with van der Waals surface area (Å²) in [5.41, 5.74) is 12.4. The molecule has 0 saturated carbocycles. The zero-order chi connectivity index (χ0) is 33.0. The van der Waals surface area contributed by atoms with Gasteiger partial charge in [0.25, 0.3) is 0 Å². The first-order valence-electron chi connectivity index (χ1n) is 17.2. The highest BCUT2D eigenvalue weighted by Crippen LogP contribution is 2.38. The van der Waals surface area contributed by atoms with Gasteiger partial charge in [-0.25, -0.2) is 4.98 Å². The molecule has 0 unspecified atom stereocenters. The summed E-state index contributed by atoms with van der Waals surface area (Å²) in [6, 6.07) is 56.1. The Hall–Kier alpha value is -6.52. The normalized spacial score (nSPS) is 12.6. The van der Waals surface area contributed by atoms with Crippen LogP contribution in [0.25, 0.3) is 84.1 Å². The summed E-state index contributed by atoms with van der Waals surface area (Å²) in [6.45, 7) is 0. The fourth-order valence-electron chi connectivity index (χ4n) is 7.72. The average Bonchev–Trinajstić information content (AvgIpc) is 3.71. The van der Waals surface area contributed by atoms with Crippen LogP contribution in [-0.2, 0) is 6.42 Å². The molecule has 9 aromatic rings. The summed E-state index contributed by atoms with van der Waals surface area (Å²) in [5.74, 6) is 1.52. The van der Waals surface area contributed by atoms with Gasteiger partial charge in [0.2, 0.25) is 5.95 Å². The van der Waals surface area contributed by atoms with Gasteiger partial charge in [0.05, 0.1) is 22.2 Å². The zero-order valence-electron chi connectivity index (χ0n) is 27.4. The van der Waals surface area contributed by atoms with Gasteiger partial charge in [-0.05, 0) is 71.5 Å². The first-order valence-corrected chi connectivity index (χ1v) is 17.2. The van der Waals surface area contributed by atoms with E-state index in [2.05, 4.69) is 179 Å². The lowest BCUT2D eigenvalue weighted by Gasteiger charge is -2.16. The van der Waals surface area contributed by atoms with E-state index < -0.39 is 0 Å².